The first-order valence-electron chi connectivity index (χ1n) is 12.3. The van der Waals surface area contributed by atoms with Crippen molar-refractivity contribution in [2.45, 2.75) is 70.2 Å². The predicted octanol–water partition coefficient (Wildman–Crippen LogP) is 3.27. The largest absolute Gasteiger partial charge is 0.350 e. The lowest BCUT2D eigenvalue weighted by molar-refractivity contribution is -0.137. The van der Waals surface area contributed by atoms with E-state index in [1.165, 1.54) is 0 Å². The Hall–Kier alpha value is -2.46. The van der Waals surface area contributed by atoms with Crippen molar-refractivity contribution < 1.29 is 13.2 Å². The van der Waals surface area contributed by atoms with Crippen LogP contribution in [0.2, 0.25) is 5.02 Å². The van der Waals surface area contributed by atoms with Crippen molar-refractivity contribution in [2.75, 3.05) is 35.2 Å². The van der Waals surface area contributed by atoms with Gasteiger partial charge in [-0.05, 0) is 40.2 Å². The zero-order valence-electron chi connectivity index (χ0n) is 21.6. The van der Waals surface area contributed by atoms with Crippen LogP contribution >= 0.6 is 11.6 Å². The zero-order valence-corrected chi connectivity index (χ0v) is 23.2. The maximum atomic E-state index is 13.3. The minimum absolute atomic E-state index is 0.0455. The number of pyridine rings is 1. The van der Waals surface area contributed by atoms with Crippen LogP contribution in [0.3, 0.4) is 0 Å². The molecule has 1 unspecified atom stereocenters. The number of anilines is 3. The molecule has 2 aromatic rings. The van der Waals surface area contributed by atoms with E-state index >= 15 is 0 Å². The molecule has 9 nitrogen and oxygen atoms in total. The van der Waals surface area contributed by atoms with E-state index in [0.29, 0.717) is 31.1 Å². The number of halogens is 1. The third-order valence-electron chi connectivity index (χ3n) is 8.12. The lowest BCUT2D eigenvalue weighted by Gasteiger charge is -2.49. The Kier molecular flexibility index (Phi) is 5.79. The molecule has 2 fully saturated rings. The van der Waals surface area contributed by atoms with Crippen LogP contribution in [0, 0.1) is 6.92 Å². The molecule has 3 atom stereocenters. The van der Waals surface area contributed by atoms with E-state index < -0.39 is 14.6 Å². The molecule has 36 heavy (non-hydrogen) atoms. The molecule has 0 saturated carbocycles. The number of nitrogens with zero attached hydrogens (tertiary/aromatic N) is 6. The second-order valence-electron chi connectivity index (χ2n) is 11.2. The third-order valence-corrected chi connectivity index (χ3v) is 11.0. The molecule has 2 saturated heterocycles. The van der Waals surface area contributed by atoms with E-state index in [1.54, 1.807) is 18.2 Å². The van der Waals surface area contributed by atoms with Gasteiger partial charge in [0.1, 0.15) is 22.7 Å². The summed E-state index contributed by atoms with van der Waals surface area (Å²) in [5, 5.41) is 0.610. The van der Waals surface area contributed by atoms with Gasteiger partial charge in [0, 0.05) is 42.7 Å². The Balaban J connectivity index is 1.47. The summed E-state index contributed by atoms with van der Waals surface area (Å²) in [6, 6.07) is 1.71. The van der Waals surface area contributed by atoms with Crippen molar-refractivity contribution in [3.8, 4) is 0 Å². The fourth-order valence-corrected chi connectivity index (χ4v) is 7.32. The summed E-state index contributed by atoms with van der Waals surface area (Å²) in [6.07, 6.45) is 3.79. The Morgan fingerprint density at radius 1 is 1.08 bits per heavy atom. The van der Waals surface area contributed by atoms with Gasteiger partial charge in [0.25, 0.3) is 0 Å². The van der Waals surface area contributed by atoms with Crippen molar-refractivity contribution in [3.05, 3.63) is 34.9 Å². The van der Waals surface area contributed by atoms with Gasteiger partial charge in [-0.2, -0.15) is 0 Å². The second kappa shape index (κ2) is 8.28. The summed E-state index contributed by atoms with van der Waals surface area (Å²) in [4.78, 5) is 33.3. The molecule has 0 spiro atoms. The molecule has 1 amide bonds. The number of amides is 1. The summed E-state index contributed by atoms with van der Waals surface area (Å²) in [5.41, 5.74) is 2.47. The molecule has 5 rings (SSSR count). The molecule has 0 bridgehead atoms. The maximum absolute atomic E-state index is 13.3. The molecular formula is C25H33ClN6O3S. The SMILES string of the molecule is Cc1ncc(N2CC(C)(C)c3c2ncnc3N2C[C@@H](C)N(C(=O)C3(C)CCS3(=O)=O)C[C@@H]2C)cc1Cl. The van der Waals surface area contributed by atoms with Gasteiger partial charge in [-0.15, -0.1) is 0 Å². The molecule has 5 heterocycles. The molecule has 0 radical (unpaired) electrons. The summed E-state index contributed by atoms with van der Waals surface area (Å²) < 4.78 is 23.5. The van der Waals surface area contributed by atoms with E-state index in [4.69, 9.17) is 16.6 Å². The summed E-state index contributed by atoms with van der Waals surface area (Å²) >= 11 is 6.38. The van der Waals surface area contributed by atoms with Gasteiger partial charge in [0.2, 0.25) is 5.91 Å². The molecule has 194 valence electrons. The fraction of sp³-hybridized carbons (Fsp3) is 0.600. The highest BCUT2D eigenvalue weighted by Crippen LogP contribution is 2.47. The fourth-order valence-electron chi connectivity index (χ4n) is 5.62. The lowest BCUT2D eigenvalue weighted by atomic mass is 9.87. The van der Waals surface area contributed by atoms with Crippen LogP contribution in [0.1, 0.15) is 52.3 Å². The van der Waals surface area contributed by atoms with E-state index in [1.807, 2.05) is 26.1 Å². The van der Waals surface area contributed by atoms with Crippen LogP contribution in [0.4, 0.5) is 17.3 Å². The Labute approximate surface area is 217 Å². The predicted molar refractivity (Wildman–Crippen MR) is 141 cm³/mol. The number of piperazine rings is 1. The number of carbonyl (C=O) groups is 1. The van der Waals surface area contributed by atoms with Crippen LogP contribution in [0.15, 0.2) is 18.6 Å². The molecule has 0 N–H and O–H groups in total. The number of aryl methyl sites for hydroxylation is 1. The highest BCUT2D eigenvalue weighted by molar-refractivity contribution is 7.95. The Morgan fingerprint density at radius 3 is 2.39 bits per heavy atom. The van der Waals surface area contributed by atoms with E-state index in [-0.39, 0.29) is 29.2 Å². The number of carbonyl (C=O) groups excluding carboxylic acids is 1. The maximum Gasteiger partial charge on any atom is 0.244 e. The minimum atomic E-state index is -3.38. The van der Waals surface area contributed by atoms with Crippen molar-refractivity contribution in [2.24, 2.45) is 0 Å². The van der Waals surface area contributed by atoms with Gasteiger partial charge in [0.05, 0.1) is 28.4 Å². The number of aromatic nitrogens is 3. The first kappa shape index (κ1) is 25.2. The normalized spacial score (nSPS) is 28.6. The van der Waals surface area contributed by atoms with Gasteiger partial charge in [-0.3, -0.25) is 9.78 Å². The van der Waals surface area contributed by atoms with Crippen molar-refractivity contribution in [3.63, 3.8) is 0 Å². The Morgan fingerprint density at radius 2 is 1.78 bits per heavy atom. The van der Waals surface area contributed by atoms with E-state index in [9.17, 15) is 13.2 Å². The van der Waals surface area contributed by atoms with Crippen molar-refractivity contribution in [1.82, 2.24) is 19.9 Å². The Bertz CT molecular complexity index is 1350. The van der Waals surface area contributed by atoms with Gasteiger partial charge in [0.15, 0.2) is 9.84 Å². The lowest BCUT2D eigenvalue weighted by Crippen LogP contribution is -2.66. The highest BCUT2D eigenvalue weighted by Gasteiger charge is 2.57. The minimum Gasteiger partial charge on any atom is -0.350 e. The van der Waals surface area contributed by atoms with Gasteiger partial charge >= 0.3 is 0 Å². The first-order chi connectivity index (χ1) is 16.8. The molecular weight excluding hydrogens is 500 g/mol. The number of rotatable bonds is 3. The van der Waals surface area contributed by atoms with Gasteiger partial charge in [-0.25, -0.2) is 18.4 Å². The van der Waals surface area contributed by atoms with Gasteiger partial charge in [-0.1, -0.05) is 25.4 Å². The summed E-state index contributed by atoms with van der Waals surface area (Å²) in [7, 11) is -3.38. The second-order valence-corrected chi connectivity index (χ2v) is 14.2. The van der Waals surface area contributed by atoms with Crippen LogP contribution in [0.25, 0.3) is 0 Å². The standard InChI is InChI=1S/C25H33ClN6O3S/c1-15-12-31(23(33)25(6)7-8-36(25,34)35)16(2)11-30(15)21-20-22(29-14-28-21)32(13-24(20,4)5)18-9-19(26)17(3)27-10-18/h9-10,14-16H,7-8,11-13H2,1-6H3/t15-,16+,25?/m0/s1. The molecule has 0 aromatic carbocycles. The van der Waals surface area contributed by atoms with Crippen molar-refractivity contribution in [1.29, 1.82) is 0 Å². The molecule has 2 aromatic heterocycles. The van der Waals surface area contributed by atoms with E-state index in [0.717, 1.165) is 28.6 Å². The quantitative estimate of drug-likeness (QED) is 0.594. The number of hydrogen-bond acceptors (Lipinski definition) is 8. The molecule has 0 aliphatic carbocycles. The van der Waals surface area contributed by atoms with Crippen molar-refractivity contribution >= 4 is 44.7 Å². The van der Waals surface area contributed by atoms with Gasteiger partial charge < -0.3 is 14.7 Å². The third kappa shape index (κ3) is 3.67. The molecule has 11 heteroatoms. The van der Waals surface area contributed by atoms with Crippen LogP contribution < -0.4 is 9.80 Å². The highest BCUT2D eigenvalue weighted by atomic mass is 35.5. The number of hydrogen-bond donors (Lipinski definition) is 0. The monoisotopic (exact) mass is 532 g/mol. The molecule has 3 aliphatic heterocycles. The average Bonchev–Trinajstić information content (AvgIpc) is 3.11. The van der Waals surface area contributed by atoms with E-state index in [2.05, 4.69) is 40.5 Å². The average molecular weight is 533 g/mol. The first-order valence-corrected chi connectivity index (χ1v) is 14.3. The smallest absolute Gasteiger partial charge is 0.244 e. The topological polar surface area (TPSA) is 99.6 Å². The van der Waals surface area contributed by atoms with Crippen LogP contribution in [0.5, 0.6) is 0 Å². The van der Waals surface area contributed by atoms with Crippen LogP contribution in [-0.4, -0.2) is 76.4 Å². The number of sulfone groups is 1. The molecule has 3 aliphatic rings. The summed E-state index contributed by atoms with van der Waals surface area (Å²) in [5.74, 6) is 1.49. The summed E-state index contributed by atoms with van der Waals surface area (Å²) in [6.45, 7) is 13.5. The van der Waals surface area contributed by atoms with Crippen LogP contribution in [-0.2, 0) is 20.0 Å². The number of fused-ring (bicyclic) bond motifs is 1. The zero-order chi connectivity index (χ0) is 26.2.